The topological polar surface area (TPSA) is 77.3 Å². The first-order chi connectivity index (χ1) is 8.65. The van der Waals surface area contributed by atoms with E-state index in [2.05, 4.69) is 10.3 Å². The summed E-state index contributed by atoms with van der Waals surface area (Å²) in [5.74, 6) is 0.685. The molecule has 1 N–H and O–H groups in total. The molecule has 0 spiro atoms. The largest absolute Gasteiger partial charge is 0.385 e. The lowest BCUT2D eigenvalue weighted by atomic mass is 10.2. The molecule has 6 heteroatoms. The molecule has 1 aromatic rings. The Balaban J connectivity index is 2.35. The van der Waals surface area contributed by atoms with Crippen LogP contribution >= 0.6 is 0 Å². The van der Waals surface area contributed by atoms with Crippen LogP contribution in [0.2, 0.25) is 0 Å². The van der Waals surface area contributed by atoms with E-state index in [0.29, 0.717) is 11.5 Å². The number of aryl methyl sites for hydroxylation is 1. The Morgan fingerprint density at radius 3 is 2.78 bits per heavy atom. The van der Waals surface area contributed by atoms with Gasteiger partial charge < -0.3 is 10.1 Å². The van der Waals surface area contributed by atoms with Gasteiger partial charge in [0.2, 0.25) is 0 Å². The number of hydrogen-bond acceptors (Lipinski definition) is 5. The van der Waals surface area contributed by atoms with Crippen LogP contribution in [-0.4, -0.2) is 30.2 Å². The second kappa shape index (κ2) is 7.60. The summed E-state index contributed by atoms with van der Waals surface area (Å²) in [4.78, 5) is 14.4. The van der Waals surface area contributed by atoms with Crippen molar-refractivity contribution in [1.82, 2.24) is 4.98 Å². The van der Waals surface area contributed by atoms with Crippen molar-refractivity contribution in [3.8, 4) is 0 Å². The fourth-order valence-corrected chi connectivity index (χ4v) is 1.61. The van der Waals surface area contributed by atoms with Crippen LogP contribution in [0.4, 0.5) is 11.5 Å². The van der Waals surface area contributed by atoms with Crippen molar-refractivity contribution in [2.75, 3.05) is 25.6 Å². The Labute approximate surface area is 107 Å². The number of anilines is 1. The van der Waals surface area contributed by atoms with Crippen LogP contribution in [0.25, 0.3) is 0 Å². The van der Waals surface area contributed by atoms with Gasteiger partial charge in [-0.25, -0.2) is 4.98 Å². The van der Waals surface area contributed by atoms with E-state index in [1.165, 1.54) is 6.07 Å². The fraction of sp³-hybridized carbons (Fsp3) is 0.583. The molecule has 1 aromatic heterocycles. The van der Waals surface area contributed by atoms with Gasteiger partial charge in [-0.1, -0.05) is 0 Å². The fourth-order valence-electron chi connectivity index (χ4n) is 1.61. The second-order valence-corrected chi connectivity index (χ2v) is 4.04. The third-order valence-corrected chi connectivity index (χ3v) is 2.59. The first-order valence-corrected chi connectivity index (χ1v) is 6.00. The molecule has 0 aromatic carbocycles. The van der Waals surface area contributed by atoms with Crippen molar-refractivity contribution in [1.29, 1.82) is 0 Å². The summed E-state index contributed by atoms with van der Waals surface area (Å²) >= 11 is 0. The van der Waals surface area contributed by atoms with E-state index in [0.717, 1.165) is 32.4 Å². The molecule has 0 unspecified atom stereocenters. The van der Waals surface area contributed by atoms with Crippen LogP contribution < -0.4 is 5.32 Å². The highest BCUT2D eigenvalue weighted by Crippen LogP contribution is 2.17. The van der Waals surface area contributed by atoms with Crippen LogP contribution in [-0.2, 0) is 4.74 Å². The average molecular weight is 253 g/mol. The smallest absolute Gasteiger partial charge is 0.290 e. The quantitative estimate of drug-likeness (QED) is 0.437. The van der Waals surface area contributed by atoms with Gasteiger partial charge in [-0.2, -0.15) is 0 Å². The van der Waals surface area contributed by atoms with Gasteiger partial charge in [0.15, 0.2) is 0 Å². The molecule has 0 aliphatic heterocycles. The molecule has 1 heterocycles. The highest BCUT2D eigenvalue weighted by Gasteiger charge is 2.11. The number of methoxy groups -OCH3 is 1. The van der Waals surface area contributed by atoms with E-state index < -0.39 is 4.92 Å². The highest BCUT2D eigenvalue weighted by molar-refractivity contribution is 5.44. The molecule has 0 fully saturated rings. The predicted molar refractivity (Wildman–Crippen MR) is 69.8 cm³/mol. The first-order valence-electron chi connectivity index (χ1n) is 6.00. The average Bonchev–Trinajstić information content (AvgIpc) is 2.33. The minimum Gasteiger partial charge on any atom is -0.385 e. The van der Waals surface area contributed by atoms with Crippen molar-refractivity contribution in [3.63, 3.8) is 0 Å². The van der Waals surface area contributed by atoms with Gasteiger partial charge >= 0.3 is 0 Å². The Hall–Kier alpha value is -1.69. The summed E-state index contributed by atoms with van der Waals surface area (Å²) in [6.45, 7) is 3.24. The number of hydrogen-bond donors (Lipinski definition) is 1. The highest BCUT2D eigenvalue weighted by atomic mass is 16.6. The number of nitro groups is 1. The summed E-state index contributed by atoms with van der Waals surface area (Å²) < 4.78 is 4.96. The summed E-state index contributed by atoms with van der Waals surface area (Å²) in [5, 5.41) is 13.8. The zero-order valence-electron chi connectivity index (χ0n) is 10.8. The first kappa shape index (κ1) is 14.4. The molecule has 0 radical (unpaired) electrons. The predicted octanol–water partition coefficient (Wildman–Crippen LogP) is 2.53. The number of aromatic nitrogens is 1. The van der Waals surface area contributed by atoms with Crippen molar-refractivity contribution in [3.05, 3.63) is 27.9 Å². The van der Waals surface area contributed by atoms with Crippen molar-refractivity contribution >= 4 is 11.5 Å². The van der Waals surface area contributed by atoms with E-state index in [1.54, 1.807) is 20.1 Å². The summed E-state index contributed by atoms with van der Waals surface area (Å²) in [7, 11) is 1.70. The number of nitrogens with one attached hydrogen (secondary N) is 1. The Morgan fingerprint density at radius 2 is 2.17 bits per heavy atom. The molecular formula is C12H19N3O3. The molecule has 0 aliphatic carbocycles. The lowest BCUT2D eigenvalue weighted by Gasteiger charge is -2.06. The molecule has 0 aliphatic rings. The lowest BCUT2D eigenvalue weighted by Crippen LogP contribution is -2.05. The molecule has 0 saturated heterocycles. The lowest BCUT2D eigenvalue weighted by molar-refractivity contribution is -0.385. The van der Waals surface area contributed by atoms with Crippen LogP contribution in [0.3, 0.4) is 0 Å². The van der Waals surface area contributed by atoms with Crippen LogP contribution in [0.1, 0.15) is 25.0 Å². The Kier molecular flexibility index (Phi) is 6.07. The van der Waals surface area contributed by atoms with E-state index in [-0.39, 0.29) is 5.69 Å². The SMILES string of the molecule is COCCCCCNc1ccc([N+](=O)[O-])c(C)n1. The maximum absolute atomic E-state index is 10.6. The molecule has 0 amide bonds. The Bertz CT molecular complexity index is 396. The summed E-state index contributed by atoms with van der Waals surface area (Å²) in [6, 6.07) is 3.12. The van der Waals surface area contributed by atoms with Gasteiger partial charge in [0.25, 0.3) is 5.69 Å². The van der Waals surface area contributed by atoms with Gasteiger partial charge in [0.05, 0.1) is 4.92 Å². The van der Waals surface area contributed by atoms with Gasteiger partial charge in [0.1, 0.15) is 11.5 Å². The van der Waals surface area contributed by atoms with Gasteiger partial charge in [-0.15, -0.1) is 0 Å². The normalized spacial score (nSPS) is 10.3. The van der Waals surface area contributed by atoms with E-state index in [9.17, 15) is 10.1 Å². The van der Waals surface area contributed by atoms with Gasteiger partial charge in [-0.3, -0.25) is 10.1 Å². The minimum atomic E-state index is -0.420. The zero-order chi connectivity index (χ0) is 13.4. The maximum atomic E-state index is 10.6. The van der Waals surface area contributed by atoms with Gasteiger partial charge in [-0.05, 0) is 32.3 Å². The number of nitrogens with zero attached hydrogens (tertiary/aromatic N) is 2. The molecule has 6 nitrogen and oxygen atoms in total. The summed E-state index contributed by atoms with van der Waals surface area (Å²) in [6.07, 6.45) is 3.17. The van der Waals surface area contributed by atoms with Gasteiger partial charge in [0, 0.05) is 26.3 Å². The Morgan fingerprint density at radius 1 is 1.39 bits per heavy atom. The standard InChI is InChI=1S/C12H19N3O3/c1-10-11(15(16)17)6-7-12(14-10)13-8-4-3-5-9-18-2/h6-7H,3-5,8-9H2,1-2H3,(H,13,14). The van der Waals surface area contributed by atoms with E-state index in [1.807, 2.05) is 0 Å². The number of ether oxygens (including phenoxy) is 1. The van der Waals surface area contributed by atoms with Crippen molar-refractivity contribution < 1.29 is 9.66 Å². The van der Waals surface area contributed by atoms with Crippen molar-refractivity contribution in [2.24, 2.45) is 0 Å². The molecular weight excluding hydrogens is 234 g/mol. The van der Waals surface area contributed by atoms with Crippen LogP contribution in [0.15, 0.2) is 12.1 Å². The number of unbranched alkanes of at least 4 members (excludes halogenated alkanes) is 2. The molecule has 0 bridgehead atoms. The second-order valence-electron chi connectivity index (χ2n) is 4.04. The minimum absolute atomic E-state index is 0.0562. The van der Waals surface area contributed by atoms with Crippen molar-refractivity contribution in [2.45, 2.75) is 26.2 Å². The van der Waals surface area contributed by atoms with Crippen LogP contribution in [0.5, 0.6) is 0 Å². The maximum Gasteiger partial charge on any atom is 0.290 e. The third-order valence-electron chi connectivity index (χ3n) is 2.59. The molecule has 1 rings (SSSR count). The monoisotopic (exact) mass is 253 g/mol. The molecule has 0 saturated carbocycles. The zero-order valence-corrected chi connectivity index (χ0v) is 10.8. The third kappa shape index (κ3) is 4.67. The summed E-state index contributed by atoms with van der Waals surface area (Å²) in [5.41, 5.74) is 0.491. The molecule has 100 valence electrons. The van der Waals surface area contributed by atoms with E-state index >= 15 is 0 Å². The number of rotatable bonds is 8. The number of pyridine rings is 1. The molecule has 0 atom stereocenters. The van der Waals surface area contributed by atoms with E-state index in [4.69, 9.17) is 4.74 Å². The molecule has 18 heavy (non-hydrogen) atoms. The van der Waals surface area contributed by atoms with Crippen LogP contribution in [0, 0.1) is 17.0 Å².